The van der Waals surface area contributed by atoms with Crippen LogP contribution in [0.1, 0.15) is 0 Å². The van der Waals surface area contributed by atoms with Gasteiger partial charge in [0.2, 0.25) is 0 Å². The third-order valence-corrected chi connectivity index (χ3v) is 3.72. The maximum absolute atomic E-state index is 6.14. The van der Waals surface area contributed by atoms with Gasteiger partial charge < -0.3 is 14.5 Å². The SMILES string of the molecule is COc1cc(-n2c(=S)[nH]c3cccnc32)c(OC)cc1Cl. The van der Waals surface area contributed by atoms with Gasteiger partial charge in [-0.05, 0) is 24.4 Å². The fraction of sp³-hybridized carbons (Fsp3) is 0.143. The molecule has 0 radical (unpaired) electrons. The minimum Gasteiger partial charge on any atom is -0.495 e. The Balaban J connectivity index is 2.37. The molecule has 0 fully saturated rings. The van der Waals surface area contributed by atoms with Crippen LogP contribution in [-0.2, 0) is 0 Å². The summed E-state index contributed by atoms with van der Waals surface area (Å²) in [6, 6.07) is 7.23. The number of imidazole rings is 1. The number of nitrogens with zero attached hydrogens (tertiary/aromatic N) is 2. The minimum absolute atomic E-state index is 0.470. The van der Waals surface area contributed by atoms with E-state index in [-0.39, 0.29) is 0 Å². The first-order valence-corrected chi connectivity index (χ1v) is 6.92. The Morgan fingerprint density at radius 1 is 1.24 bits per heavy atom. The molecular weight excluding hydrogens is 310 g/mol. The van der Waals surface area contributed by atoms with E-state index in [1.807, 2.05) is 12.1 Å². The fourth-order valence-electron chi connectivity index (χ4n) is 2.18. The number of halogens is 1. The third-order valence-electron chi connectivity index (χ3n) is 3.14. The Kier molecular flexibility index (Phi) is 3.57. The van der Waals surface area contributed by atoms with Crippen molar-refractivity contribution in [2.45, 2.75) is 0 Å². The van der Waals surface area contributed by atoms with Gasteiger partial charge in [-0.25, -0.2) is 4.98 Å². The van der Waals surface area contributed by atoms with Crippen LogP contribution in [0.4, 0.5) is 0 Å². The van der Waals surface area contributed by atoms with E-state index in [9.17, 15) is 0 Å². The third kappa shape index (κ3) is 2.26. The summed E-state index contributed by atoms with van der Waals surface area (Å²) in [5, 5.41) is 0.470. The number of hydrogen-bond donors (Lipinski definition) is 1. The number of nitrogens with one attached hydrogen (secondary N) is 1. The van der Waals surface area contributed by atoms with E-state index in [2.05, 4.69) is 9.97 Å². The van der Waals surface area contributed by atoms with Crippen LogP contribution in [0.5, 0.6) is 11.5 Å². The number of hydrogen-bond acceptors (Lipinski definition) is 4. The standard InChI is InChI=1S/C14H12ClN3O2S/c1-19-11-7-10(12(20-2)6-8(11)15)18-13-9(17-14(18)21)4-3-5-16-13/h3-7H,1-2H3,(H,17,21). The van der Waals surface area contributed by atoms with E-state index in [1.54, 1.807) is 37.1 Å². The summed E-state index contributed by atoms with van der Waals surface area (Å²) in [7, 11) is 3.14. The van der Waals surface area contributed by atoms with Gasteiger partial charge in [0.15, 0.2) is 10.4 Å². The minimum atomic E-state index is 0.470. The molecule has 5 nitrogen and oxygen atoms in total. The van der Waals surface area contributed by atoms with Crippen molar-refractivity contribution in [1.82, 2.24) is 14.5 Å². The first-order valence-electron chi connectivity index (χ1n) is 6.13. The van der Waals surface area contributed by atoms with Crippen molar-refractivity contribution in [3.05, 3.63) is 40.3 Å². The second kappa shape index (κ2) is 5.38. The van der Waals surface area contributed by atoms with Gasteiger partial charge in [-0.3, -0.25) is 4.57 Å². The van der Waals surface area contributed by atoms with Gasteiger partial charge in [-0.1, -0.05) is 11.6 Å². The maximum atomic E-state index is 6.14. The molecule has 1 N–H and O–H groups in total. The maximum Gasteiger partial charge on any atom is 0.184 e. The normalized spacial score (nSPS) is 10.8. The van der Waals surface area contributed by atoms with Crippen molar-refractivity contribution >= 4 is 35.0 Å². The van der Waals surface area contributed by atoms with E-state index in [1.165, 1.54) is 0 Å². The number of pyridine rings is 1. The summed E-state index contributed by atoms with van der Waals surface area (Å²) in [6.45, 7) is 0. The van der Waals surface area contributed by atoms with E-state index in [0.717, 1.165) is 5.52 Å². The summed E-state index contributed by atoms with van der Waals surface area (Å²) in [6.07, 6.45) is 1.71. The summed E-state index contributed by atoms with van der Waals surface area (Å²) in [5.41, 5.74) is 2.28. The molecule has 3 rings (SSSR count). The number of methoxy groups -OCH3 is 2. The molecule has 0 unspecified atom stereocenters. The van der Waals surface area contributed by atoms with Crippen LogP contribution in [0.3, 0.4) is 0 Å². The molecule has 0 amide bonds. The molecule has 21 heavy (non-hydrogen) atoms. The van der Waals surface area contributed by atoms with Crippen LogP contribution in [0.15, 0.2) is 30.5 Å². The zero-order chi connectivity index (χ0) is 15.0. The van der Waals surface area contributed by atoms with Gasteiger partial charge in [0.05, 0.1) is 30.4 Å². The number of rotatable bonds is 3. The second-order valence-corrected chi connectivity index (χ2v) is 5.09. The average Bonchev–Trinajstić information content (AvgIpc) is 2.82. The van der Waals surface area contributed by atoms with Crippen molar-refractivity contribution < 1.29 is 9.47 Å². The Labute approximate surface area is 131 Å². The van der Waals surface area contributed by atoms with E-state index < -0.39 is 0 Å². The lowest BCUT2D eigenvalue weighted by Gasteiger charge is -2.13. The number of benzene rings is 1. The zero-order valence-corrected chi connectivity index (χ0v) is 13.0. The molecule has 0 saturated carbocycles. The van der Waals surface area contributed by atoms with Gasteiger partial charge in [0, 0.05) is 18.3 Å². The van der Waals surface area contributed by atoms with Crippen LogP contribution in [-0.4, -0.2) is 28.8 Å². The highest BCUT2D eigenvalue weighted by atomic mass is 35.5. The van der Waals surface area contributed by atoms with Crippen LogP contribution in [0.25, 0.3) is 16.9 Å². The van der Waals surface area contributed by atoms with Crippen LogP contribution < -0.4 is 9.47 Å². The number of H-pyrrole nitrogens is 1. The molecule has 0 aliphatic rings. The molecule has 7 heteroatoms. The molecule has 0 atom stereocenters. The van der Waals surface area contributed by atoms with Crippen molar-refractivity contribution in [2.24, 2.45) is 0 Å². The molecule has 0 aliphatic carbocycles. The van der Waals surface area contributed by atoms with Crippen LogP contribution >= 0.6 is 23.8 Å². The molecule has 3 aromatic rings. The Bertz CT molecular complexity index is 872. The van der Waals surface area contributed by atoms with Gasteiger partial charge in [0.1, 0.15) is 11.5 Å². The van der Waals surface area contributed by atoms with Crippen molar-refractivity contribution in [2.75, 3.05) is 14.2 Å². The summed E-state index contributed by atoms with van der Waals surface area (Å²) >= 11 is 11.5. The van der Waals surface area contributed by atoms with Crippen molar-refractivity contribution in [3.8, 4) is 17.2 Å². The van der Waals surface area contributed by atoms with Crippen LogP contribution in [0, 0.1) is 4.77 Å². The lowest BCUT2D eigenvalue weighted by molar-refractivity contribution is 0.402. The summed E-state index contributed by atoms with van der Waals surface area (Å²) in [4.78, 5) is 7.48. The molecular formula is C14H12ClN3O2S. The first kappa shape index (κ1) is 13.9. The van der Waals surface area contributed by atoms with E-state index >= 15 is 0 Å². The topological polar surface area (TPSA) is 52.1 Å². The van der Waals surface area contributed by atoms with Crippen LogP contribution in [0.2, 0.25) is 5.02 Å². The molecule has 1 aromatic carbocycles. The molecule has 2 aromatic heterocycles. The predicted octanol–water partition coefficient (Wildman–Crippen LogP) is 3.75. The van der Waals surface area contributed by atoms with Gasteiger partial charge >= 0.3 is 0 Å². The fourth-order valence-corrected chi connectivity index (χ4v) is 2.71. The number of aromatic amines is 1. The smallest absolute Gasteiger partial charge is 0.184 e. The average molecular weight is 322 g/mol. The highest BCUT2D eigenvalue weighted by Gasteiger charge is 2.15. The molecule has 108 valence electrons. The Morgan fingerprint density at radius 2 is 2.00 bits per heavy atom. The zero-order valence-electron chi connectivity index (χ0n) is 11.4. The molecule has 0 saturated heterocycles. The van der Waals surface area contributed by atoms with Crippen molar-refractivity contribution in [1.29, 1.82) is 0 Å². The summed E-state index contributed by atoms with van der Waals surface area (Å²) < 4.78 is 13.0. The highest BCUT2D eigenvalue weighted by Crippen LogP contribution is 2.35. The Morgan fingerprint density at radius 3 is 2.71 bits per heavy atom. The largest absolute Gasteiger partial charge is 0.495 e. The molecule has 2 heterocycles. The molecule has 0 aliphatic heterocycles. The van der Waals surface area contributed by atoms with Gasteiger partial charge in [-0.2, -0.15) is 0 Å². The lowest BCUT2D eigenvalue weighted by atomic mass is 10.2. The lowest BCUT2D eigenvalue weighted by Crippen LogP contribution is -2.00. The highest BCUT2D eigenvalue weighted by molar-refractivity contribution is 7.71. The van der Waals surface area contributed by atoms with Crippen molar-refractivity contribution in [3.63, 3.8) is 0 Å². The van der Waals surface area contributed by atoms with E-state index in [0.29, 0.717) is 32.6 Å². The quantitative estimate of drug-likeness (QED) is 0.746. The second-order valence-electron chi connectivity index (χ2n) is 4.30. The number of fused-ring (bicyclic) bond motifs is 1. The van der Waals surface area contributed by atoms with E-state index in [4.69, 9.17) is 33.3 Å². The monoisotopic (exact) mass is 321 g/mol. The molecule has 0 spiro atoms. The van der Waals surface area contributed by atoms with Gasteiger partial charge in [-0.15, -0.1) is 0 Å². The predicted molar refractivity (Wildman–Crippen MR) is 84.4 cm³/mol. The summed E-state index contributed by atoms with van der Waals surface area (Å²) in [5.74, 6) is 1.13. The number of ether oxygens (including phenoxy) is 2. The Hall–Kier alpha value is -2.05. The first-order chi connectivity index (χ1) is 10.2. The van der Waals surface area contributed by atoms with Gasteiger partial charge in [0.25, 0.3) is 0 Å². The number of aromatic nitrogens is 3. The molecule has 0 bridgehead atoms.